The lowest BCUT2D eigenvalue weighted by Gasteiger charge is -2.16. The predicted molar refractivity (Wildman–Crippen MR) is 100 cm³/mol. The second-order valence-corrected chi connectivity index (χ2v) is 5.43. The number of carbonyl (C=O) groups is 2. The number of aldehydes is 1. The average Bonchev–Trinajstić information content (AvgIpc) is 2.65. The van der Waals surface area contributed by atoms with Crippen molar-refractivity contribution >= 4 is 23.7 Å². The molecule has 2 rings (SSSR count). The van der Waals surface area contributed by atoms with Gasteiger partial charge in [-0.2, -0.15) is 0 Å². The summed E-state index contributed by atoms with van der Waals surface area (Å²) >= 11 is 0. The minimum Gasteiger partial charge on any atom is -0.482 e. The molecule has 0 unspecified atom stereocenters. The van der Waals surface area contributed by atoms with Gasteiger partial charge in [-0.3, -0.25) is 9.59 Å². The number of amides is 1. The number of carbonyl (C=O) groups excluding carboxylic acids is 2. The monoisotopic (exact) mass is 352 g/mol. The molecule has 26 heavy (non-hydrogen) atoms. The minimum absolute atomic E-state index is 0.0569. The van der Waals surface area contributed by atoms with Crippen LogP contribution < -0.4 is 15.8 Å². The molecule has 1 aromatic heterocycles. The summed E-state index contributed by atoms with van der Waals surface area (Å²) in [6, 6.07) is 7.87. The lowest BCUT2D eigenvalue weighted by Crippen LogP contribution is -2.18. The van der Waals surface area contributed by atoms with Gasteiger partial charge in [0.05, 0.1) is 0 Å². The smallest absolute Gasteiger partial charge is 0.276 e. The van der Waals surface area contributed by atoms with E-state index >= 15 is 0 Å². The number of rotatable bonds is 7. The first-order chi connectivity index (χ1) is 12.5. The Kier molecular flexibility index (Phi) is 6.21. The molecule has 1 aromatic carbocycles. The Hall–Kier alpha value is -3.48. The Morgan fingerprint density at radius 2 is 2.00 bits per heavy atom. The normalized spacial score (nSPS) is 12.2. The van der Waals surface area contributed by atoms with Crippen molar-refractivity contribution < 1.29 is 14.3 Å². The molecule has 0 saturated carbocycles. The highest BCUT2D eigenvalue weighted by Gasteiger charge is 2.15. The highest BCUT2D eigenvalue weighted by molar-refractivity contribution is 6.03. The van der Waals surface area contributed by atoms with Gasteiger partial charge in [0.15, 0.2) is 17.3 Å². The van der Waals surface area contributed by atoms with Crippen molar-refractivity contribution in [1.29, 1.82) is 0 Å². The maximum atomic E-state index is 12.4. The summed E-state index contributed by atoms with van der Waals surface area (Å²) in [7, 11) is 0. The molecule has 134 valence electrons. The number of hydrogen-bond acceptors (Lipinski definition) is 6. The molecule has 0 fully saturated rings. The summed E-state index contributed by atoms with van der Waals surface area (Å²) in [4.78, 5) is 23.0. The third-order valence-corrected chi connectivity index (χ3v) is 3.67. The van der Waals surface area contributed by atoms with Crippen molar-refractivity contribution in [1.82, 2.24) is 10.2 Å². The quantitative estimate of drug-likeness (QED) is 0.586. The molecule has 0 bridgehead atoms. The van der Waals surface area contributed by atoms with Crippen LogP contribution in [0.3, 0.4) is 0 Å². The highest BCUT2D eigenvalue weighted by Crippen LogP contribution is 2.23. The van der Waals surface area contributed by atoms with Crippen molar-refractivity contribution in [3.05, 3.63) is 65.9 Å². The van der Waals surface area contributed by atoms with Gasteiger partial charge in [-0.25, -0.2) is 0 Å². The molecule has 7 nitrogen and oxygen atoms in total. The van der Waals surface area contributed by atoms with Crippen LogP contribution in [0.2, 0.25) is 0 Å². The molecular formula is C19H20N4O3. The second kappa shape index (κ2) is 8.57. The lowest BCUT2D eigenvalue weighted by molar-refractivity contribution is 0.102. The van der Waals surface area contributed by atoms with Gasteiger partial charge in [0.2, 0.25) is 0 Å². The van der Waals surface area contributed by atoms with Gasteiger partial charge in [-0.1, -0.05) is 18.7 Å². The fourth-order valence-corrected chi connectivity index (χ4v) is 2.21. The van der Waals surface area contributed by atoms with Gasteiger partial charge < -0.3 is 15.8 Å². The number of allylic oxidation sites excluding steroid dienone is 1. The first kappa shape index (κ1) is 18.9. The number of nitrogen functional groups attached to an aromatic ring is 1. The maximum absolute atomic E-state index is 12.4. The van der Waals surface area contributed by atoms with E-state index in [4.69, 9.17) is 10.5 Å². The SMILES string of the molecule is C=C/C(=C\C)[C@@H](C)Oc1cc(C(=O)Nc2ccc(C=O)cc2)nnc1N. The Labute approximate surface area is 151 Å². The van der Waals surface area contributed by atoms with E-state index in [1.165, 1.54) is 6.07 Å². The summed E-state index contributed by atoms with van der Waals surface area (Å²) in [6.45, 7) is 7.44. The molecule has 1 amide bonds. The summed E-state index contributed by atoms with van der Waals surface area (Å²) < 4.78 is 5.77. The van der Waals surface area contributed by atoms with Crippen LogP contribution in [0.5, 0.6) is 5.75 Å². The van der Waals surface area contributed by atoms with Crippen LogP contribution in [0.4, 0.5) is 11.5 Å². The molecule has 1 heterocycles. The van der Waals surface area contributed by atoms with E-state index in [1.807, 2.05) is 19.9 Å². The molecule has 3 N–H and O–H groups in total. The highest BCUT2D eigenvalue weighted by atomic mass is 16.5. The Balaban J connectivity index is 2.17. The van der Waals surface area contributed by atoms with E-state index < -0.39 is 5.91 Å². The standard InChI is InChI=1S/C19H20N4O3/c1-4-14(5-2)12(3)26-17-10-16(22-23-18(17)20)19(25)21-15-8-6-13(11-24)7-9-15/h4-12H,1H2,2-3H3,(H2,20,23)(H,21,25)/b14-5+/t12-/m1/s1. The summed E-state index contributed by atoms with van der Waals surface area (Å²) in [5.74, 6) is -0.123. The molecule has 0 aliphatic rings. The molecule has 1 atom stereocenters. The fraction of sp³-hybridized carbons (Fsp3) is 0.158. The van der Waals surface area contributed by atoms with Crippen molar-refractivity contribution in [3.63, 3.8) is 0 Å². The van der Waals surface area contributed by atoms with Gasteiger partial charge in [-0.15, -0.1) is 10.2 Å². The summed E-state index contributed by atoms with van der Waals surface area (Å²) in [5.41, 5.74) is 7.77. The van der Waals surface area contributed by atoms with Crippen molar-refractivity contribution in [3.8, 4) is 5.75 Å². The fourth-order valence-electron chi connectivity index (χ4n) is 2.21. The summed E-state index contributed by atoms with van der Waals surface area (Å²) in [6.07, 6.45) is 3.98. The van der Waals surface area contributed by atoms with Crippen molar-refractivity contribution in [2.75, 3.05) is 11.1 Å². The van der Waals surface area contributed by atoms with E-state index in [-0.39, 0.29) is 23.4 Å². The van der Waals surface area contributed by atoms with E-state index in [9.17, 15) is 9.59 Å². The number of anilines is 2. The van der Waals surface area contributed by atoms with Crippen LogP contribution in [-0.2, 0) is 0 Å². The molecular weight excluding hydrogens is 332 g/mol. The first-order valence-corrected chi connectivity index (χ1v) is 7.93. The zero-order chi connectivity index (χ0) is 19.1. The number of hydrogen-bond donors (Lipinski definition) is 2. The third-order valence-electron chi connectivity index (χ3n) is 3.67. The largest absolute Gasteiger partial charge is 0.482 e. The average molecular weight is 352 g/mol. The lowest BCUT2D eigenvalue weighted by atomic mass is 10.1. The van der Waals surface area contributed by atoms with Crippen LogP contribution in [0.15, 0.2) is 54.6 Å². The topological polar surface area (TPSA) is 107 Å². The minimum atomic E-state index is -0.469. The number of aromatic nitrogens is 2. The Morgan fingerprint density at radius 3 is 2.58 bits per heavy atom. The van der Waals surface area contributed by atoms with Crippen LogP contribution in [0.25, 0.3) is 0 Å². The molecule has 0 aliphatic heterocycles. The van der Waals surface area contributed by atoms with Gasteiger partial charge in [-0.05, 0) is 43.7 Å². The van der Waals surface area contributed by atoms with Gasteiger partial charge in [0, 0.05) is 17.3 Å². The van der Waals surface area contributed by atoms with Crippen molar-refractivity contribution in [2.24, 2.45) is 0 Å². The molecule has 7 heteroatoms. The Bertz CT molecular complexity index is 844. The number of nitrogens with zero attached hydrogens (tertiary/aromatic N) is 2. The molecule has 0 saturated heterocycles. The van der Waals surface area contributed by atoms with Crippen LogP contribution in [-0.4, -0.2) is 28.5 Å². The molecule has 0 aliphatic carbocycles. The van der Waals surface area contributed by atoms with Gasteiger partial charge in [0.1, 0.15) is 12.4 Å². The first-order valence-electron chi connectivity index (χ1n) is 7.93. The van der Waals surface area contributed by atoms with E-state index in [0.717, 1.165) is 11.9 Å². The number of ether oxygens (including phenoxy) is 1. The maximum Gasteiger partial charge on any atom is 0.276 e. The zero-order valence-electron chi connectivity index (χ0n) is 14.6. The number of nitrogens with two attached hydrogens (primary N) is 1. The number of benzene rings is 1. The molecule has 0 radical (unpaired) electrons. The Morgan fingerprint density at radius 1 is 1.31 bits per heavy atom. The molecule has 2 aromatic rings. The molecule has 0 spiro atoms. The van der Waals surface area contributed by atoms with E-state index in [2.05, 4.69) is 22.1 Å². The summed E-state index contributed by atoms with van der Waals surface area (Å²) in [5, 5.41) is 10.3. The van der Waals surface area contributed by atoms with Gasteiger partial charge >= 0.3 is 0 Å². The van der Waals surface area contributed by atoms with Crippen LogP contribution >= 0.6 is 0 Å². The van der Waals surface area contributed by atoms with E-state index in [0.29, 0.717) is 11.3 Å². The van der Waals surface area contributed by atoms with Crippen LogP contribution in [0, 0.1) is 0 Å². The third kappa shape index (κ3) is 4.54. The van der Waals surface area contributed by atoms with Crippen molar-refractivity contribution in [2.45, 2.75) is 20.0 Å². The number of nitrogens with one attached hydrogen (secondary N) is 1. The predicted octanol–water partition coefficient (Wildman–Crippen LogP) is 3.02. The van der Waals surface area contributed by atoms with Gasteiger partial charge in [0.25, 0.3) is 5.91 Å². The van der Waals surface area contributed by atoms with Crippen LogP contribution in [0.1, 0.15) is 34.7 Å². The van der Waals surface area contributed by atoms with E-state index in [1.54, 1.807) is 30.3 Å². The second-order valence-electron chi connectivity index (χ2n) is 5.43. The zero-order valence-corrected chi connectivity index (χ0v) is 14.6.